The molecule has 24 heavy (non-hydrogen) atoms. The van der Waals surface area contributed by atoms with Gasteiger partial charge in [-0.15, -0.1) is 0 Å². The van der Waals surface area contributed by atoms with Gasteiger partial charge in [0.05, 0.1) is 12.1 Å². The van der Waals surface area contributed by atoms with Crippen LogP contribution in [0, 0.1) is 19.7 Å². The molecule has 3 aromatic rings. The summed E-state index contributed by atoms with van der Waals surface area (Å²) in [6.45, 7) is 9.17. The van der Waals surface area contributed by atoms with Gasteiger partial charge in [-0.05, 0) is 72.4 Å². The zero-order valence-corrected chi connectivity index (χ0v) is 14.5. The molecule has 1 aliphatic rings. The summed E-state index contributed by atoms with van der Waals surface area (Å²) in [5.41, 5.74) is 7.94. The van der Waals surface area contributed by atoms with Crippen LogP contribution in [-0.2, 0) is 6.54 Å². The average molecular weight is 320 g/mol. The number of fused-ring (bicyclic) bond motifs is 2. The van der Waals surface area contributed by atoms with E-state index in [0.29, 0.717) is 11.5 Å². The first-order chi connectivity index (χ1) is 11.5. The monoisotopic (exact) mass is 320 g/mol. The smallest absolute Gasteiger partial charge is 0.126 e. The van der Waals surface area contributed by atoms with Crippen LogP contribution < -0.4 is 0 Å². The van der Waals surface area contributed by atoms with Crippen molar-refractivity contribution in [2.45, 2.75) is 40.2 Å². The summed E-state index contributed by atoms with van der Waals surface area (Å²) in [5, 5.41) is 1.27. The van der Waals surface area contributed by atoms with E-state index in [1.54, 1.807) is 6.07 Å². The van der Waals surface area contributed by atoms with Crippen LogP contribution in [0.4, 0.5) is 4.39 Å². The maximum absolute atomic E-state index is 13.7. The van der Waals surface area contributed by atoms with Crippen LogP contribution in [-0.4, -0.2) is 10.8 Å². The van der Waals surface area contributed by atoms with E-state index >= 15 is 0 Å². The van der Waals surface area contributed by atoms with Gasteiger partial charge in [0.15, 0.2) is 0 Å². The highest BCUT2D eigenvalue weighted by Gasteiger charge is 2.20. The lowest BCUT2D eigenvalue weighted by molar-refractivity contribution is 0.618. The minimum Gasteiger partial charge on any atom is -0.313 e. The molecule has 0 N–H and O–H groups in total. The Hall–Kier alpha value is -2.42. The second kappa shape index (κ2) is 5.30. The molecule has 0 unspecified atom stereocenters. The molecule has 2 nitrogen and oxygen atoms in total. The van der Waals surface area contributed by atoms with E-state index in [2.05, 4.69) is 42.5 Å². The third-order valence-electron chi connectivity index (χ3n) is 5.04. The fourth-order valence-electron chi connectivity index (χ4n) is 3.64. The van der Waals surface area contributed by atoms with Crippen LogP contribution in [0.15, 0.2) is 35.3 Å². The van der Waals surface area contributed by atoms with Crippen molar-refractivity contribution in [3.63, 3.8) is 0 Å². The number of aryl methyl sites for hydroxylation is 2. The fourth-order valence-corrected chi connectivity index (χ4v) is 3.64. The molecule has 2 aromatic carbocycles. The lowest BCUT2D eigenvalue weighted by Gasteiger charge is -2.15. The molecule has 0 bridgehead atoms. The Morgan fingerprint density at radius 2 is 1.92 bits per heavy atom. The zero-order chi connectivity index (χ0) is 17.0. The standard InChI is InChI=1S/C21H21FN2/c1-12(2)20-9-17-14(4)18-11-23-10-15(18)8-21(17)24(20)16-5-6-19(22)13(3)7-16/h5-10,12H,11H2,1-4H3. The summed E-state index contributed by atoms with van der Waals surface area (Å²) in [6, 6.07) is 9.86. The van der Waals surface area contributed by atoms with Gasteiger partial charge in [0, 0.05) is 23.0 Å². The van der Waals surface area contributed by atoms with Gasteiger partial charge in [-0.3, -0.25) is 4.99 Å². The summed E-state index contributed by atoms with van der Waals surface area (Å²) < 4.78 is 16.0. The second-order valence-corrected chi connectivity index (χ2v) is 6.96. The maximum atomic E-state index is 13.7. The van der Waals surface area contributed by atoms with Crippen molar-refractivity contribution in [3.05, 3.63) is 64.1 Å². The van der Waals surface area contributed by atoms with Gasteiger partial charge in [-0.2, -0.15) is 0 Å². The van der Waals surface area contributed by atoms with E-state index in [0.717, 1.165) is 12.2 Å². The van der Waals surface area contributed by atoms with Crippen molar-refractivity contribution in [2.24, 2.45) is 4.99 Å². The minimum atomic E-state index is -0.162. The molecule has 0 atom stereocenters. The van der Waals surface area contributed by atoms with Crippen molar-refractivity contribution in [1.29, 1.82) is 0 Å². The van der Waals surface area contributed by atoms with Crippen LogP contribution in [0.2, 0.25) is 0 Å². The predicted octanol–water partition coefficient (Wildman–Crippen LogP) is 5.44. The van der Waals surface area contributed by atoms with Gasteiger partial charge >= 0.3 is 0 Å². The number of hydrogen-bond donors (Lipinski definition) is 0. The summed E-state index contributed by atoms with van der Waals surface area (Å²) >= 11 is 0. The number of aliphatic imine (C=N–C) groups is 1. The predicted molar refractivity (Wildman–Crippen MR) is 98.1 cm³/mol. The number of nitrogens with zero attached hydrogens (tertiary/aromatic N) is 2. The molecule has 0 fully saturated rings. The molecule has 122 valence electrons. The Labute approximate surface area is 141 Å². The van der Waals surface area contributed by atoms with Crippen LogP contribution in [0.3, 0.4) is 0 Å². The zero-order valence-electron chi connectivity index (χ0n) is 14.5. The molecule has 1 aromatic heterocycles. The number of hydrogen-bond acceptors (Lipinski definition) is 1. The largest absolute Gasteiger partial charge is 0.313 e. The first-order valence-electron chi connectivity index (χ1n) is 8.41. The van der Waals surface area contributed by atoms with Gasteiger partial charge < -0.3 is 4.57 Å². The number of benzene rings is 2. The molecule has 0 saturated carbocycles. The average Bonchev–Trinajstić information content (AvgIpc) is 3.15. The van der Waals surface area contributed by atoms with E-state index in [-0.39, 0.29) is 5.82 Å². The summed E-state index contributed by atoms with van der Waals surface area (Å²) in [4.78, 5) is 4.42. The summed E-state index contributed by atoms with van der Waals surface area (Å²) in [5.74, 6) is 0.219. The highest BCUT2D eigenvalue weighted by molar-refractivity contribution is 5.96. The molecule has 0 radical (unpaired) electrons. The first-order valence-corrected chi connectivity index (χ1v) is 8.41. The van der Waals surface area contributed by atoms with E-state index in [4.69, 9.17) is 0 Å². The molecule has 1 aliphatic heterocycles. The highest BCUT2D eigenvalue weighted by atomic mass is 19.1. The van der Waals surface area contributed by atoms with E-state index in [1.165, 1.54) is 33.3 Å². The normalized spacial score (nSPS) is 13.2. The minimum absolute atomic E-state index is 0.162. The molecule has 0 saturated heterocycles. The Bertz CT molecular complexity index is 993. The molecule has 4 rings (SSSR count). The molecule has 3 heteroatoms. The van der Waals surface area contributed by atoms with Crippen LogP contribution in [0.1, 0.15) is 47.7 Å². The molecule has 0 spiro atoms. The maximum Gasteiger partial charge on any atom is 0.126 e. The van der Waals surface area contributed by atoms with Crippen LogP contribution in [0.5, 0.6) is 0 Å². The van der Waals surface area contributed by atoms with E-state index in [1.807, 2.05) is 25.3 Å². The van der Waals surface area contributed by atoms with Gasteiger partial charge in [0.25, 0.3) is 0 Å². The van der Waals surface area contributed by atoms with Crippen molar-refractivity contribution >= 4 is 17.1 Å². The Morgan fingerprint density at radius 3 is 2.62 bits per heavy atom. The van der Waals surface area contributed by atoms with Gasteiger partial charge in [0.2, 0.25) is 0 Å². The molecule has 0 amide bonds. The fraction of sp³-hybridized carbons (Fsp3) is 0.286. The third-order valence-corrected chi connectivity index (χ3v) is 5.04. The quantitative estimate of drug-likeness (QED) is 0.598. The SMILES string of the molecule is Cc1cc(-n2c(C(C)C)cc3c(C)c4c(cc32)C=NC4)ccc1F. The van der Waals surface area contributed by atoms with Crippen LogP contribution >= 0.6 is 0 Å². The van der Waals surface area contributed by atoms with Gasteiger partial charge in [0.1, 0.15) is 5.82 Å². The first kappa shape index (κ1) is 15.1. The number of aromatic nitrogens is 1. The Balaban J connectivity index is 2.09. The number of rotatable bonds is 2. The van der Waals surface area contributed by atoms with Crippen molar-refractivity contribution < 1.29 is 4.39 Å². The van der Waals surface area contributed by atoms with Gasteiger partial charge in [-0.1, -0.05) is 13.8 Å². The summed E-state index contributed by atoms with van der Waals surface area (Å²) in [6.07, 6.45) is 1.96. The Kier molecular flexibility index (Phi) is 3.34. The second-order valence-electron chi connectivity index (χ2n) is 6.96. The van der Waals surface area contributed by atoms with Crippen molar-refractivity contribution in [1.82, 2.24) is 4.57 Å². The topological polar surface area (TPSA) is 17.3 Å². The van der Waals surface area contributed by atoms with Crippen molar-refractivity contribution in [3.8, 4) is 5.69 Å². The molecule has 0 aliphatic carbocycles. The lowest BCUT2D eigenvalue weighted by Crippen LogP contribution is -2.03. The lowest BCUT2D eigenvalue weighted by atomic mass is 10.00. The van der Waals surface area contributed by atoms with Gasteiger partial charge in [-0.25, -0.2) is 4.39 Å². The van der Waals surface area contributed by atoms with Crippen molar-refractivity contribution in [2.75, 3.05) is 0 Å². The Morgan fingerprint density at radius 1 is 1.12 bits per heavy atom. The third kappa shape index (κ3) is 2.11. The van der Waals surface area contributed by atoms with E-state index < -0.39 is 0 Å². The number of halogens is 1. The van der Waals surface area contributed by atoms with E-state index in [9.17, 15) is 4.39 Å². The van der Waals surface area contributed by atoms with Crippen LogP contribution in [0.25, 0.3) is 16.6 Å². The summed E-state index contributed by atoms with van der Waals surface area (Å²) in [7, 11) is 0. The highest BCUT2D eigenvalue weighted by Crippen LogP contribution is 2.35. The molecular weight excluding hydrogens is 299 g/mol. The molecule has 2 heterocycles. The molecular formula is C21H21FN2.